The van der Waals surface area contributed by atoms with Gasteiger partial charge >= 0.3 is 0 Å². The summed E-state index contributed by atoms with van der Waals surface area (Å²) in [5.41, 5.74) is 7.27. The van der Waals surface area contributed by atoms with Crippen molar-refractivity contribution < 1.29 is 9.47 Å². The summed E-state index contributed by atoms with van der Waals surface area (Å²) in [6.07, 6.45) is 3.10. The Morgan fingerprint density at radius 1 is 1.27 bits per heavy atom. The van der Waals surface area contributed by atoms with Crippen LogP contribution in [0.25, 0.3) is 0 Å². The lowest BCUT2D eigenvalue weighted by Crippen LogP contribution is -2.24. The van der Waals surface area contributed by atoms with E-state index in [-0.39, 0.29) is 5.54 Å². The van der Waals surface area contributed by atoms with Gasteiger partial charge in [-0.15, -0.1) is 0 Å². The monoisotopic (exact) mass is 269 g/mol. The molecule has 1 aromatic carbocycles. The number of halogens is 1. The summed E-state index contributed by atoms with van der Waals surface area (Å²) in [4.78, 5) is 0. The second kappa shape index (κ2) is 3.12. The van der Waals surface area contributed by atoms with Gasteiger partial charge in [0.2, 0.25) is 6.79 Å². The Labute approximate surface area is 96.7 Å². The average molecular weight is 270 g/mol. The van der Waals surface area contributed by atoms with Crippen molar-refractivity contribution >= 4 is 15.9 Å². The zero-order chi connectivity index (χ0) is 10.5. The Balaban J connectivity index is 1.98. The highest BCUT2D eigenvalue weighted by atomic mass is 79.9. The highest BCUT2D eigenvalue weighted by Gasteiger charge is 2.39. The van der Waals surface area contributed by atoms with Gasteiger partial charge in [-0.25, -0.2) is 0 Å². The number of hydrogen-bond acceptors (Lipinski definition) is 3. The highest BCUT2D eigenvalue weighted by molar-refractivity contribution is 9.10. The van der Waals surface area contributed by atoms with Crippen LogP contribution in [0.15, 0.2) is 16.6 Å². The van der Waals surface area contributed by atoms with Crippen LogP contribution in [0.3, 0.4) is 0 Å². The first kappa shape index (κ1) is 9.48. The Morgan fingerprint density at radius 2 is 2.00 bits per heavy atom. The van der Waals surface area contributed by atoms with E-state index in [4.69, 9.17) is 15.2 Å². The molecule has 1 saturated carbocycles. The summed E-state index contributed by atoms with van der Waals surface area (Å²) < 4.78 is 11.8. The first-order valence-corrected chi connectivity index (χ1v) is 5.83. The molecule has 0 aromatic heterocycles. The molecule has 0 radical (unpaired) electrons. The minimum Gasteiger partial charge on any atom is -0.453 e. The fourth-order valence-electron chi connectivity index (χ4n) is 1.88. The molecule has 3 rings (SSSR count). The van der Waals surface area contributed by atoms with Crippen LogP contribution < -0.4 is 15.2 Å². The Morgan fingerprint density at radius 3 is 2.73 bits per heavy atom. The molecule has 1 aromatic rings. The summed E-state index contributed by atoms with van der Waals surface area (Å²) in [5, 5.41) is 0. The van der Waals surface area contributed by atoms with E-state index in [1.807, 2.05) is 6.07 Å². The van der Waals surface area contributed by atoms with Crippen LogP contribution in [0, 0.1) is 0 Å². The molecule has 0 amide bonds. The number of fused-ring (bicyclic) bond motifs is 1. The van der Waals surface area contributed by atoms with E-state index in [1.165, 1.54) is 0 Å². The maximum absolute atomic E-state index is 6.10. The minimum atomic E-state index is 0.00749. The SMILES string of the molecule is NC1(Cc2ccc(Br)c3c2OCO3)CC1. The summed E-state index contributed by atoms with van der Waals surface area (Å²) >= 11 is 3.44. The van der Waals surface area contributed by atoms with Gasteiger partial charge < -0.3 is 15.2 Å². The first-order valence-electron chi connectivity index (χ1n) is 5.04. The molecule has 0 unspecified atom stereocenters. The number of nitrogens with two attached hydrogens (primary N) is 1. The third kappa shape index (κ3) is 1.62. The maximum Gasteiger partial charge on any atom is 0.231 e. The molecule has 1 aliphatic carbocycles. The van der Waals surface area contributed by atoms with Crippen molar-refractivity contribution in [2.75, 3.05) is 6.79 Å². The zero-order valence-corrected chi connectivity index (χ0v) is 9.84. The first-order chi connectivity index (χ1) is 7.18. The number of hydrogen-bond donors (Lipinski definition) is 1. The van der Waals surface area contributed by atoms with E-state index >= 15 is 0 Å². The molecule has 2 aliphatic rings. The standard InChI is InChI=1S/C11H12BrNO2/c12-8-2-1-7(5-11(13)3-4-11)9-10(8)15-6-14-9/h1-2H,3-6,13H2. The highest BCUT2D eigenvalue weighted by Crippen LogP contribution is 2.45. The third-order valence-electron chi connectivity index (χ3n) is 2.99. The van der Waals surface area contributed by atoms with Gasteiger partial charge in [0.1, 0.15) is 0 Å². The van der Waals surface area contributed by atoms with Crippen LogP contribution in [0.4, 0.5) is 0 Å². The van der Waals surface area contributed by atoms with Gasteiger partial charge in [0.05, 0.1) is 4.47 Å². The van der Waals surface area contributed by atoms with E-state index in [2.05, 4.69) is 22.0 Å². The molecule has 3 nitrogen and oxygen atoms in total. The van der Waals surface area contributed by atoms with Crippen molar-refractivity contribution in [3.63, 3.8) is 0 Å². The molecule has 0 atom stereocenters. The van der Waals surface area contributed by atoms with Crippen molar-refractivity contribution in [2.45, 2.75) is 24.8 Å². The fourth-order valence-corrected chi connectivity index (χ4v) is 2.30. The van der Waals surface area contributed by atoms with Crippen molar-refractivity contribution in [3.05, 3.63) is 22.2 Å². The summed E-state index contributed by atoms with van der Waals surface area (Å²) in [6, 6.07) is 4.05. The predicted molar refractivity (Wildman–Crippen MR) is 60.1 cm³/mol. The molecule has 1 fully saturated rings. The molecule has 15 heavy (non-hydrogen) atoms. The minimum absolute atomic E-state index is 0.00749. The smallest absolute Gasteiger partial charge is 0.231 e. The lowest BCUT2D eigenvalue weighted by Gasteiger charge is -2.11. The number of ether oxygens (including phenoxy) is 2. The lowest BCUT2D eigenvalue weighted by molar-refractivity contribution is 0.172. The Kier molecular flexibility index (Phi) is 1.97. The van der Waals surface area contributed by atoms with Gasteiger partial charge in [-0.3, -0.25) is 0 Å². The van der Waals surface area contributed by atoms with Gasteiger partial charge in [-0.05, 0) is 41.3 Å². The number of rotatable bonds is 2. The maximum atomic E-state index is 6.10. The van der Waals surface area contributed by atoms with Crippen molar-refractivity contribution in [2.24, 2.45) is 5.73 Å². The number of benzene rings is 1. The van der Waals surface area contributed by atoms with Crippen molar-refractivity contribution in [1.82, 2.24) is 0 Å². The van der Waals surface area contributed by atoms with Crippen molar-refractivity contribution in [1.29, 1.82) is 0 Å². The predicted octanol–water partition coefficient (Wildman–Crippen LogP) is 2.21. The van der Waals surface area contributed by atoms with Crippen LogP contribution in [0.2, 0.25) is 0 Å². The molecule has 0 bridgehead atoms. The molecule has 2 N–H and O–H groups in total. The average Bonchev–Trinajstić information content (AvgIpc) is 2.77. The van der Waals surface area contributed by atoms with Gasteiger partial charge in [0.25, 0.3) is 0 Å². The Hall–Kier alpha value is -0.740. The largest absolute Gasteiger partial charge is 0.453 e. The van der Waals surface area contributed by atoms with Crippen LogP contribution in [0.1, 0.15) is 18.4 Å². The fraction of sp³-hybridized carbons (Fsp3) is 0.455. The normalized spacial score (nSPS) is 20.4. The summed E-state index contributed by atoms with van der Waals surface area (Å²) in [7, 11) is 0. The van der Waals surface area contributed by atoms with E-state index in [9.17, 15) is 0 Å². The van der Waals surface area contributed by atoms with Crippen LogP contribution in [-0.2, 0) is 6.42 Å². The van der Waals surface area contributed by atoms with Crippen LogP contribution in [0.5, 0.6) is 11.5 Å². The van der Waals surface area contributed by atoms with E-state index in [1.54, 1.807) is 0 Å². The zero-order valence-electron chi connectivity index (χ0n) is 8.25. The van der Waals surface area contributed by atoms with Gasteiger partial charge in [0.15, 0.2) is 11.5 Å². The van der Waals surface area contributed by atoms with E-state index in [0.29, 0.717) is 6.79 Å². The molecule has 1 heterocycles. The lowest BCUT2D eigenvalue weighted by atomic mass is 10.0. The quantitative estimate of drug-likeness (QED) is 0.896. The second-order valence-electron chi connectivity index (χ2n) is 4.31. The van der Waals surface area contributed by atoms with Gasteiger partial charge in [0, 0.05) is 11.1 Å². The van der Waals surface area contributed by atoms with Gasteiger partial charge in [-0.2, -0.15) is 0 Å². The molecule has 1 aliphatic heterocycles. The van der Waals surface area contributed by atoms with E-state index < -0.39 is 0 Å². The summed E-state index contributed by atoms with van der Waals surface area (Å²) in [5.74, 6) is 1.68. The Bertz CT molecular complexity index is 415. The van der Waals surface area contributed by atoms with Crippen LogP contribution in [-0.4, -0.2) is 12.3 Å². The van der Waals surface area contributed by atoms with E-state index in [0.717, 1.165) is 40.8 Å². The summed E-state index contributed by atoms with van der Waals surface area (Å²) in [6.45, 7) is 0.308. The molecule has 4 heteroatoms. The topological polar surface area (TPSA) is 44.5 Å². The molecular weight excluding hydrogens is 258 g/mol. The van der Waals surface area contributed by atoms with Crippen LogP contribution >= 0.6 is 15.9 Å². The third-order valence-corrected chi connectivity index (χ3v) is 3.61. The molecular formula is C11H12BrNO2. The molecule has 80 valence electrons. The molecule has 0 spiro atoms. The van der Waals surface area contributed by atoms with Gasteiger partial charge in [-0.1, -0.05) is 6.07 Å². The second-order valence-corrected chi connectivity index (χ2v) is 5.16. The van der Waals surface area contributed by atoms with Crippen molar-refractivity contribution in [3.8, 4) is 11.5 Å². The molecule has 0 saturated heterocycles.